The SMILES string of the molecule is CCCCCCB(Br)Br. The molecule has 0 aliphatic carbocycles. The van der Waals surface area contributed by atoms with Crippen molar-refractivity contribution >= 4 is 35.9 Å². The summed E-state index contributed by atoms with van der Waals surface area (Å²) >= 11 is 6.89. The topological polar surface area (TPSA) is 0 Å². The van der Waals surface area contributed by atoms with Gasteiger partial charge in [-0.15, -0.1) is 31.5 Å². The first-order valence-electron chi connectivity index (χ1n) is 3.55. The van der Waals surface area contributed by atoms with Gasteiger partial charge in [-0.05, 0) is 0 Å². The molecule has 0 radical (unpaired) electrons. The Balaban J connectivity index is 2.75. The van der Waals surface area contributed by atoms with E-state index >= 15 is 0 Å². The number of rotatable bonds is 5. The van der Waals surface area contributed by atoms with Crippen molar-refractivity contribution in [2.45, 2.75) is 38.9 Å². The molecule has 0 nitrogen and oxygen atoms in total. The van der Waals surface area contributed by atoms with E-state index in [1.807, 2.05) is 0 Å². The van der Waals surface area contributed by atoms with E-state index in [0.29, 0.717) is 4.36 Å². The molecule has 3 heteroatoms. The van der Waals surface area contributed by atoms with Crippen molar-refractivity contribution in [3.63, 3.8) is 0 Å². The van der Waals surface area contributed by atoms with Crippen molar-refractivity contribution in [2.75, 3.05) is 0 Å². The van der Waals surface area contributed by atoms with E-state index in [1.165, 1.54) is 32.0 Å². The van der Waals surface area contributed by atoms with Crippen molar-refractivity contribution < 1.29 is 0 Å². The van der Waals surface area contributed by atoms with Crippen LogP contribution in [0.2, 0.25) is 6.32 Å². The molecule has 0 fully saturated rings. The molecule has 0 bridgehead atoms. The Bertz CT molecular complexity index is 57.0. The van der Waals surface area contributed by atoms with Crippen LogP contribution in [0.3, 0.4) is 0 Å². The van der Waals surface area contributed by atoms with Crippen LogP contribution in [0.5, 0.6) is 0 Å². The van der Waals surface area contributed by atoms with E-state index < -0.39 is 0 Å². The van der Waals surface area contributed by atoms with Gasteiger partial charge in [0.15, 0.2) is 0 Å². The van der Waals surface area contributed by atoms with Crippen LogP contribution in [0.25, 0.3) is 0 Å². The molecule has 0 aromatic rings. The molecule has 0 heterocycles. The van der Waals surface area contributed by atoms with Gasteiger partial charge in [-0.2, -0.15) is 0 Å². The highest BCUT2D eigenvalue weighted by Crippen LogP contribution is 2.13. The number of hydrogen-bond acceptors (Lipinski definition) is 0. The average molecular weight is 256 g/mol. The summed E-state index contributed by atoms with van der Waals surface area (Å²) in [7, 11) is 0. The maximum absolute atomic E-state index is 3.44. The van der Waals surface area contributed by atoms with Crippen LogP contribution in [-0.2, 0) is 0 Å². The molecule has 0 spiro atoms. The molecular formula is C6H13BBr2. The largest absolute Gasteiger partial charge is 0.298 e. The van der Waals surface area contributed by atoms with Gasteiger partial charge < -0.3 is 0 Å². The summed E-state index contributed by atoms with van der Waals surface area (Å²) in [5.74, 6) is 0. The Kier molecular flexibility index (Phi) is 7.95. The third kappa shape index (κ3) is 9.02. The van der Waals surface area contributed by atoms with Crippen molar-refractivity contribution in [1.82, 2.24) is 0 Å². The van der Waals surface area contributed by atoms with Crippen LogP contribution in [0.4, 0.5) is 0 Å². The first-order chi connectivity index (χ1) is 4.27. The smallest absolute Gasteiger partial charge is 0.139 e. The maximum Gasteiger partial charge on any atom is 0.298 e. The molecule has 0 atom stereocenters. The van der Waals surface area contributed by atoms with Gasteiger partial charge in [0.1, 0.15) is 0 Å². The van der Waals surface area contributed by atoms with E-state index in [0.717, 1.165) is 0 Å². The highest BCUT2D eigenvalue weighted by molar-refractivity contribution is 9.49. The van der Waals surface area contributed by atoms with Gasteiger partial charge in [0, 0.05) is 0 Å². The Morgan fingerprint density at radius 2 is 1.78 bits per heavy atom. The van der Waals surface area contributed by atoms with Crippen LogP contribution in [0, 0.1) is 0 Å². The van der Waals surface area contributed by atoms with Crippen LogP contribution < -0.4 is 0 Å². The molecule has 0 aliphatic heterocycles. The molecule has 0 saturated heterocycles. The second-order valence-corrected chi connectivity index (χ2v) is 5.68. The number of halogens is 2. The monoisotopic (exact) mass is 254 g/mol. The van der Waals surface area contributed by atoms with Gasteiger partial charge in [-0.3, -0.25) is 0 Å². The fourth-order valence-electron chi connectivity index (χ4n) is 0.725. The van der Waals surface area contributed by atoms with Crippen molar-refractivity contribution in [1.29, 1.82) is 0 Å². The third-order valence-electron chi connectivity index (χ3n) is 1.28. The predicted molar refractivity (Wildman–Crippen MR) is 52.6 cm³/mol. The molecule has 0 N–H and O–H groups in total. The molecule has 0 aromatic carbocycles. The molecule has 0 aromatic heterocycles. The summed E-state index contributed by atoms with van der Waals surface area (Å²) < 4.78 is 0.529. The number of hydrogen-bond donors (Lipinski definition) is 0. The Morgan fingerprint density at radius 1 is 1.11 bits per heavy atom. The lowest BCUT2D eigenvalue weighted by atomic mass is 9.98. The highest BCUT2D eigenvalue weighted by atomic mass is 79.9. The minimum Gasteiger partial charge on any atom is -0.139 e. The minimum atomic E-state index is 0.529. The normalized spacial score (nSPS) is 9.67. The van der Waals surface area contributed by atoms with E-state index in [4.69, 9.17) is 0 Å². The second-order valence-electron chi connectivity index (χ2n) is 2.24. The van der Waals surface area contributed by atoms with Gasteiger partial charge in [-0.1, -0.05) is 38.9 Å². The zero-order valence-corrected chi connectivity index (χ0v) is 9.04. The first kappa shape index (κ1) is 10.0. The molecule has 0 amide bonds. The molecule has 0 unspecified atom stereocenters. The average Bonchev–Trinajstić information content (AvgIpc) is 1.80. The van der Waals surface area contributed by atoms with Crippen LogP contribution in [0.1, 0.15) is 32.6 Å². The van der Waals surface area contributed by atoms with E-state index in [9.17, 15) is 0 Å². The standard InChI is InChI=1S/C6H13BBr2/c1-2-3-4-5-6-7(8)9/h2-6H2,1H3. The second kappa shape index (κ2) is 7.14. The summed E-state index contributed by atoms with van der Waals surface area (Å²) in [5.41, 5.74) is 0. The fraction of sp³-hybridized carbons (Fsp3) is 1.00. The van der Waals surface area contributed by atoms with Crippen LogP contribution >= 0.6 is 31.5 Å². The zero-order valence-electron chi connectivity index (χ0n) is 5.87. The van der Waals surface area contributed by atoms with Gasteiger partial charge in [0.05, 0.1) is 0 Å². The summed E-state index contributed by atoms with van der Waals surface area (Å²) in [6, 6.07) is 0. The maximum atomic E-state index is 3.44. The van der Waals surface area contributed by atoms with Gasteiger partial charge in [0.2, 0.25) is 0 Å². The summed E-state index contributed by atoms with van der Waals surface area (Å²) in [6.07, 6.45) is 6.68. The molecule has 0 saturated carbocycles. The summed E-state index contributed by atoms with van der Waals surface area (Å²) in [5, 5.41) is 0. The Hall–Kier alpha value is 1.02. The lowest BCUT2D eigenvalue weighted by molar-refractivity contribution is 0.701. The van der Waals surface area contributed by atoms with Gasteiger partial charge in [-0.25, -0.2) is 0 Å². The zero-order chi connectivity index (χ0) is 7.11. The summed E-state index contributed by atoms with van der Waals surface area (Å²) in [4.78, 5) is 0. The predicted octanol–water partition coefficient (Wildman–Crippen LogP) is 3.84. The van der Waals surface area contributed by atoms with Crippen molar-refractivity contribution in [2.24, 2.45) is 0 Å². The van der Waals surface area contributed by atoms with Crippen LogP contribution in [-0.4, -0.2) is 4.36 Å². The molecule has 0 rings (SSSR count). The Labute approximate surface area is 74.8 Å². The van der Waals surface area contributed by atoms with Crippen molar-refractivity contribution in [3.05, 3.63) is 0 Å². The molecule has 0 aliphatic rings. The Morgan fingerprint density at radius 3 is 2.22 bits per heavy atom. The number of unbranched alkanes of at least 4 members (excludes halogenated alkanes) is 3. The van der Waals surface area contributed by atoms with Gasteiger partial charge in [0.25, 0.3) is 4.36 Å². The fourth-order valence-corrected chi connectivity index (χ4v) is 1.37. The van der Waals surface area contributed by atoms with Gasteiger partial charge >= 0.3 is 0 Å². The van der Waals surface area contributed by atoms with Crippen molar-refractivity contribution in [3.8, 4) is 0 Å². The van der Waals surface area contributed by atoms with Crippen LogP contribution in [0.15, 0.2) is 0 Å². The third-order valence-corrected chi connectivity index (χ3v) is 2.19. The van der Waals surface area contributed by atoms with E-state index in [2.05, 4.69) is 38.4 Å². The van der Waals surface area contributed by atoms with E-state index in [-0.39, 0.29) is 0 Å². The quantitative estimate of drug-likeness (QED) is 0.517. The molecular weight excluding hydrogens is 243 g/mol. The molecule has 54 valence electrons. The highest BCUT2D eigenvalue weighted by Gasteiger charge is 2.01. The first-order valence-corrected chi connectivity index (χ1v) is 5.38. The minimum absolute atomic E-state index is 0.529. The lowest BCUT2D eigenvalue weighted by Crippen LogP contribution is -1.88. The molecule has 9 heavy (non-hydrogen) atoms. The lowest BCUT2D eigenvalue weighted by Gasteiger charge is -1.96. The van der Waals surface area contributed by atoms with E-state index in [1.54, 1.807) is 0 Å². The summed E-state index contributed by atoms with van der Waals surface area (Å²) in [6.45, 7) is 2.24.